The number of aryl methyl sites for hydroxylation is 3. The van der Waals surface area contributed by atoms with Gasteiger partial charge in [0.15, 0.2) is 5.76 Å². The summed E-state index contributed by atoms with van der Waals surface area (Å²) in [7, 11) is 0. The summed E-state index contributed by atoms with van der Waals surface area (Å²) in [6.45, 7) is 7.03. The Bertz CT molecular complexity index is 519. The van der Waals surface area contributed by atoms with Crippen LogP contribution in [0.3, 0.4) is 0 Å². The van der Waals surface area contributed by atoms with Gasteiger partial charge >= 0.3 is 0 Å². The van der Waals surface area contributed by atoms with Gasteiger partial charge in [0.25, 0.3) is 0 Å². The number of benzene rings is 1. The van der Waals surface area contributed by atoms with Gasteiger partial charge in [-0.05, 0) is 39.2 Å². The number of rotatable bonds is 6. The summed E-state index contributed by atoms with van der Waals surface area (Å²) >= 11 is 0. The van der Waals surface area contributed by atoms with Crippen LogP contribution in [0.4, 0.5) is 0 Å². The maximum Gasteiger partial charge on any atom is 0.150 e. The van der Waals surface area contributed by atoms with Crippen molar-refractivity contribution in [3.63, 3.8) is 0 Å². The predicted octanol–water partition coefficient (Wildman–Crippen LogP) is 3.40. The van der Waals surface area contributed by atoms with Crippen LogP contribution in [0.2, 0.25) is 0 Å². The molecule has 1 heterocycles. The Kier molecular flexibility index (Phi) is 4.74. The standard InChI is InChI=1S/C16H22N2O/c1-12-5-4-6-15(9-12)8-7-13(2)17-11-16-10-14(3)18-19-16/h4-6,9-10,13,17H,7-8,11H2,1-3H3. The molecule has 1 aromatic carbocycles. The second kappa shape index (κ2) is 6.53. The van der Waals surface area contributed by atoms with Gasteiger partial charge in [-0.1, -0.05) is 35.0 Å². The van der Waals surface area contributed by atoms with Crippen LogP contribution in [0.5, 0.6) is 0 Å². The molecule has 0 radical (unpaired) electrons. The van der Waals surface area contributed by atoms with E-state index in [1.807, 2.05) is 13.0 Å². The summed E-state index contributed by atoms with van der Waals surface area (Å²) in [6, 6.07) is 11.1. The molecular weight excluding hydrogens is 236 g/mol. The summed E-state index contributed by atoms with van der Waals surface area (Å²) in [5.74, 6) is 0.903. The van der Waals surface area contributed by atoms with Crippen molar-refractivity contribution in [2.75, 3.05) is 0 Å². The minimum atomic E-state index is 0.464. The first-order chi connectivity index (χ1) is 9.13. The molecule has 3 nitrogen and oxygen atoms in total. The zero-order valence-electron chi connectivity index (χ0n) is 11.9. The highest BCUT2D eigenvalue weighted by molar-refractivity contribution is 5.22. The van der Waals surface area contributed by atoms with Crippen molar-refractivity contribution in [2.24, 2.45) is 0 Å². The Morgan fingerprint density at radius 2 is 2.11 bits per heavy atom. The maximum absolute atomic E-state index is 5.18. The van der Waals surface area contributed by atoms with Crippen molar-refractivity contribution in [3.05, 3.63) is 52.9 Å². The summed E-state index contributed by atoms with van der Waals surface area (Å²) < 4.78 is 5.18. The van der Waals surface area contributed by atoms with E-state index < -0.39 is 0 Å². The lowest BCUT2D eigenvalue weighted by Crippen LogP contribution is -2.25. The molecule has 0 spiro atoms. The fourth-order valence-electron chi connectivity index (χ4n) is 2.13. The lowest BCUT2D eigenvalue weighted by molar-refractivity contribution is 0.359. The largest absolute Gasteiger partial charge is 0.360 e. The molecule has 0 aliphatic carbocycles. The predicted molar refractivity (Wildman–Crippen MR) is 77.0 cm³/mol. The van der Waals surface area contributed by atoms with E-state index in [2.05, 4.69) is 48.6 Å². The zero-order valence-corrected chi connectivity index (χ0v) is 11.9. The van der Waals surface area contributed by atoms with E-state index in [0.717, 1.165) is 30.8 Å². The molecule has 3 heteroatoms. The molecule has 1 N–H and O–H groups in total. The summed E-state index contributed by atoms with van der Waals surface area (Å²) in [4.78, 5) is 0. The van der Waals surface area contributed by atoms with Gasteiger partial charge in [0.05, 0.1) is 12.2 Å². The van der Waals surface area contributed by atoms with Crippen LogP contribution in [0.25, 0.3) is 0 Å². The summed E-state index contributed by atoms with van der Waals surface area (Å²) in [6.07, 6.45) is 2.22. The second-order valence-electron chi connectivity index (χ2n) is 5.24. The van der Waals surface area contributed by atoms with Crippen LogP contribution in [0, 0.1) is 13.8 Å². The average Bonchev–Trinajstić information content (AvgIpc) is 2.80. The lowest BCUT2D eigenvalue weighted by atomic mass is 10.0. The number of hydrogen-bond donors (Lipinski definition) is 1. The Labute approximate surface area is 115 Å². The topological polar surface area (TPSA) is 38.1 Å². The van der Waals surface area contributed by atoms with Crippen molar-refractivity contribution in [2.45, 2.75) is 46.2 Å². The molecule has 1 aromatic heterocycles. The van der Waals surface area contributed by atoms with E-state index in [0.29, 0.717) is 6.04 Å². The first-order valence-corrected chi connectivity index (χ1v) is 6.84. The third-order valence-electron chi connectivity index (χ3n) is 3.25. The summed E-state index contributed by atoms with van der Waals surface area (Å²) in [5.41, 5.74) is 3.67. The normalized spacial score (nSPS) is 12.6. The Hall–Kier alpha value is -1.61. The van der Waals surface area contributed by atoms with Gasteiger partial charge in [0.1, 0.15) is 0 Å². The molecule has 0 fully saturated rings. The highest BCUT2D eigenvalue weighted by Crippen LogP contribution is 2.09. The van der Waals surface area contributed by atoms with E-state index in [-0.39, 0.29) is 0 Å². The third-order valence-corrected chi connectivity index (χ3v) is 3.25. The molecule has 0 saturated carbocycles. The first-order valence-electron chi connectivity index (χ1n) is 6.84. The van der Waals surface area contributed by atoms with Crippen LogP contribution < -0.4 is 5.32 Å². The number of aromatic nitrogens is 1. The first kappa shape index (κ1) is 13.8. The number of nitrogens with zero attached hydrogens (tertiary/aromatic N) is 1. The fourth-order valence-corrected chi connectivity index (χ4v) is 2.13. The molecule has 2 aromatic rings. The average molecular weight is 258 g/mol. The molecule has 19 heavy (non-hydrogen) atoms. The van der Waals surface area contributed by atoms with Crippen LogP contribution in [0.1, 0.15) is 35.9 Å². The fraction of sp³-hybridized carbons (Fsp3) is 0.438. The molecule has 0 bridgehead atoms. The molecule has 102 valence electrons. The molecular formula is C16H22N2O. The van der Waals surface area contributed by atoms with Gasteiger partial charge in [-0.2, -0.15) is 0 Å². The zero-order chi connectivity index (χ0) is 13.7. The van der Waals surface area contributed by atoms with Crippen molar-refractivity contribution < 1.29 is 4.52 Å². The van der Waals surface area contributed by atoms with E-state index >= 15 is 0 Å². The minimum absolute atomic E-state index is 0.464. The Morgan fingerprint density at radius 1 is 1.26 bits per heavy atom. The van der Waals surface area contributed by atoms with Crippen LogP contribution in [0.15, 0.2) is 34.9 Å². The maximum atomic E-state index is 5.18. The van der Waals surface area contributed by atoms with Crippen molar-refractivity contribution in [1.82, 2.24) is 10.5 Å². The van der Waals surface area contributed by atoms with E-state index in [9.17, 15) is 0 Å². The van der Waals surface area contributed by atoms with Crippen LogP contribution >= 0.6 is 0 Å². The summed E-state index contributed by atoms with van der Waals surface area (Å²) in [5, 5.41) is 7.35. The van der Waals surface area contributed by atoms with E-state index in [1.54, 1.807) is 0 Å². The van der Waals surface area contributed by atoms with Crippen molar-refractivity contribution in [1.29, 1.82) is 0 Å². The lowest BCUT2D eigenvalue weighted by Gasteiger charge is -2.12. The second-order valence-corrected chi connectivity index (χ2v) is 5.24. The van der Waals surface area contributed by atoms with Crippen LogP contribution in [-0.2, 0) is 13.0 Å². The number of nitrogens with one attached hydrogen (secondary N) is 1. The van der Waals surface area contributed by atoms with Gasteiger partial charge < -0.3 is 9.84 Å². The highest BCUT2D eigenvalue weighted by Gasteiger charge is 2.05. The molecule has 0 amide bonds. The van der Waals surface area contributed by atoms with Crippen molar-refractivity contribution >= 4 is 0 Å². The Balaban J connectivity index is 1.74. The Morgan fingerprint density at radius 3 is 2.79 bits per heavy atom. The molecule has 0 aliphatic rings. The van der Waals surface area contributed by atoms with E-state index in [1.165, 1.54) is 11.1 Å². The number of hydrogen-bond acceptors (Lipinski definition) is 3. The van der Waals surface area contributed by atoms with Gasteiger partial charge in [-0.15, -0.1) is 0 Å². The van der Waals surface area contributed by atoms with Gasteiger partial charge in [-0.3, -0.25) is 0 Å². The van der Waals surface area contributed by atoms with Crippen LogP contribution in [-0.4, -0.2) is 11.2 Å². The molecule has 1 atom stereocenters. The smallest absolute Gasteiger partial charge is 0.150 e. The van der Waals surface area contributed by atoms with Gasteiger partial charge in [0, 0.05) is 12.1 Å². The molecule has 0 aliphatic heterocycles. The van der Waals surface area contributed by atoms with Gasteiger partial charge in [-0.25, -0.2) is 0 Å². The quantitative estimate of drug-likeness (QED) is 0.863. The monoisotopic (exact) mass is 258 g/mol. The highest BCUT2D eigenvalue weighted by atomic mass is 16.5. The minimum Gasteiger partial charge on any atom is -0.360 e. The van der Waals surface area contributed by atoms with Crippen molar-refractivity contribution in [3.8, 4) is 0 Å². The molecule has 0 saturated heterocycles. The molecule has 2 rings (SSSR count). The SMILES string of the molecule is Cc1cccc(CCC(C)NCc2cc(C)no2)c1. The van der Waals surface area contributed by atoms with E-state index in [4.69, 9.17) is 4.52 Å². The third kappa shape index (κ3) is 4.52. The van der Waals surface area contributed by atoms with Gasteiger partial charge in [0.2, 0.25) is 0 Å². The molecule has 1 unspecified atom stereocenters.